The fourth-order valence-electron chi connectivity index (χ4n) is 1.11. The van der Waals surface area contributed by atoms with Gasteiger partial charge in [0, 0.05) is 12.8 Å². The van der Waals surface area contributed by atoms with Crippen LogP contribution in [0.3, 0.4) is 0 Å². The summed E-state index contributed by atoms with van der Waals surface area (Å²) in [6.45, 7) is 4.55. The molecule has 0 radical (unpaired) electrons. The van der Waals surface area contributed by atoms with Crippen molar-refractivity contribution in [3.05, 3.63) is 0 Å². The van der Waals surface area contributed by atoms with Crippen molar-refractivity contribution < 1.29 is 23.1 Å². The summed E-state index contributed by atoms with van der Waals surface area (Å²) in [4.78, 5) is 22.2. The summed E-state index contributed by atoms with van der Waals surface area (Å²) >= 11 is 0. The van der Waals surface area contributed by atoms with E-state index in [1.54, 1.807) is 6.92 Å². The molecule has 18 heavy (non-hydrogen) atoms. The van der Waals surface area contributed by atoms with Gasteiger partial charge in [0.05, 0.1) is 5.92 Å². The van der Waals surface area contributed by atoms with E-state index in [2.05, 4.69) is 5.32 Å². The van der Waals surface area contributed by atoms with Crippen molar-refractivity contribution in [2.24, 2.45) is 5.92 Å². The molecule has 0 aliphatic heterocycles. The van der Waals surface area contributed by atoms with Crippen molar-refractivity contribution in [3.63, 3.8) is 0 Å². The van der Waals surface area contributed by atoms with Crippen LogP contribution < -0.4 is 5.32 Å². The Morgan fingerprint density at radius 2 is 1.83 bits per heavy atom. The van der Waals surface area contributed by atoms with E-state index in [1.165, 1.54) is 13.8 Å². The highest BCUT2D eigenvalue weighted by atomic mass is 32.2. The molecule has 0 saturated carbocycles. The van der Waals surface area contributed by atoms with Gasteiger partial charge in [-0.1, -0.05) is 6.92 Å². The number of carbonyl (C=O) groups excluding carboxylic acids is 1. The zero-order chi connectivity index (χ0) is 14.6. The second-order valence-electron chi connectivity index (χ2n) is 4.92. The lowest BCUT2D eigenvalue weighted by Gasteiger charge is -2.21. The molecule has 1 unspecified atom stereocenters. The molecular weight excluding hydrogens is 258 g/mol. The van der Waals surface area contributed by atoms with Crippen LogP contribution in [-0.4, -0.2) is 42.9 Å². The molecule has 0 aromatic rings. The highest BCUT2D eigenvalue weighted by Crippen LogP contribution is 2.15. The molecule has 0 heterocycles. The van der Waals surface area contributed by atoms with Gasteiger partial charge in [0.2, 0.25) is 5.91 Å². The minimum atomic E-state index is -3.47. The summed E-state index contributed by atoms with van der Waals surface area (Å²) < 4.78 is 21.3. The Balaban J connectivity index is 4.18. The zero-order valence-corrected chi connectivity index (χ0v) is 12.0. The van der Waals surface area contributed by atoms with Crippen molar-refractivity contribution in [1.29, 1.82) is 0 Å². The third-order valence-electron chi connectivity index (χ3n) is 2.99. The van der Waals surface area contributed by atoms with Crippen LogP contribution >= 0.6 is 0 Å². The predicted octanol–water partition coefficient (Wildman–Crippen LogP) is 0.427. The second kappa shape index (κ2) is 6.17. The molecule has 0 fully saturated rings. The first-order chi connectivity index (χ1) is 8.00. The van der Waals surface area contributed by atoms with Gasteiger partial charge in [-0.3, -0.25) is 9.59 Å². The van der Waals surface area contributed by atoms with Crippen LogP contribution in [-0.2, 0) is 19.4 Å². The SMILES string of the molecule is CC(CCCNC(=O)C(C)(C)S(C)(=O)=O)C(=O)O. The van der Waals surface area contributed by atoms with Gasteiger partial charge in [0.1, 0.15) is 4.75 Å². The number of rotatable bonds is 7. The molecule has 0 saturated heterocycles. The van der Waals surface area contributed by atoms with Crippen molar-refractivity contribution in [2.75, 3.05) is 12.8 Å². The summed E-state index contributed by atoms with van der Waals surface area (Å²) in [5.41, 5.74) is 0. The Hall–Kier alpha value is -1.11. The number of carbonyl (C=O) groups is 2. The number of sulfone groups is 1. The summed E-state index contributed by atoms with van der Waals surface area (Å²) in [5, 5.41) is 11.2. The van der Waals surface area contributed by atoms with E-state index in [9.17, 15) is 18.0 Å². The largest absolute Gasteiger partial charge is 0.481 e. The average Bonchev–Trinajstić information content (AvgIpc) is 2.21. The van der Waals surface area contributed by atoms with Crippen LogP contribution in [0.1, 0.15) is 33.6 Å². The lowest BCUT2D eigenvalue weighted by molar-refractivity contribution is -0.141. The summed E-state index contributed by atoms with van der Waals surface area (Å²) in [7, 11) is -3.47. The van der Waals surface area contributed by atoms with Crippen molar-refractivity contribution in [3.8, 4) is 0 Å². The number of aliphatic carboxylic acids is 1. The lowest BCUT2D eigenvalue weighted by Crippen LogP contribution is -2.47. The first-order valence-electron chi connectivity index (χ1n) is 5.71. The zero-order valence-electron chi connectivity index (χ0n) is 11.2. The van der Waals surface area contributed by atoms with Gasteiger partial charge in [0.25, 0.3) is 0 Å². The maximum absolute atomic E-state index is 11.7. The van der Waals surface area contributed by atoms with E-state index in [-0.39, 0.29) is 6.54 Å². The predicted molar refractivity (Wildman–Crippen MR) is 68.0 cm³/mol. The number of hydrogen-bond donors (Lipinski definition) is 2. The van der Waals surface area contributed by atoms with Crippen LogP contribution in [0, 0.1) is 5.92 Å². The van der Waals surface area contributed by atoms with Crippen LogP contribution in [0.25, 0.3) is 0 Å². The molecule has 6 nitrogen and oxygen atoms in total. The number of nitrogens with one attached hydrogen (secondary N) is 1. The molecule has 1 atom stereocenters. The van der Waals surface area contributed by atoms with Crippen LogP contribution in [0.2, 0.25) is 0 Å². The van der Waals surface area contributed by atoms with E-state index in [0.717, 1.165) is 6.26 Å². The number of amides is 1. The molecule has 2 N–H and O–H groups in total. The maximum Gasteiger partial charge on any atom is 0.306 e. The molecular formula is C11H21NO5S. The molecule has 7 heteroatoms. The molecule has 0 aromatic heterocycles. The van der Waals surface area contributed by atoms with Crippen LogP contribution in [0.5, 0.6) is 0 Å². The Labute approximate surface area is 108 Å². The lowest BCUT2D eigenvalue weighted by atomic mass is 10.1. The van der Waals surface area contributed by atoms with E-state index in [0.29, 0.717) is 12.8 Å². The highest BCUT2D eigenvalue weighted by molar-refractivity contribution is 7.92. The quantitative estimate of drug-likeness (QED) is 0.658. The monoisotopic (exact) mass is 279 g/mol. The number of carboxylic acids is 1. The minimum absolute atomic E-state index is 0.273. The standard InChI is InChI=1S/C11H21NO5S/c1-8(9(13)14)6-5-7-12-10(15)11(2,3)18(4,16)17/h8H,5-7H2,1-4H3,(H,12,15)(H,13,14). The van der Waals surface area contributed by atoms with E-state index >= 15 is 0 Å². The molecule has 0 spiro atoms. The first kappa shape index (κ1) is 16.9. The highest BCUT2D eigenvalue weighted by Gasteiger charge is 2.38. The number of hydrogen-bond acceptors (Lipinski definition) is 4. The van der Waals surface area contributed by atoms with Gasteiger partial charge in [-0.2, -0.15) is 0 Å². The smallest absolute Gasteiger partial charge is 0.306 e. The third kappa shape index (κ3) is 4.64. The van der Waals surface area contributed by atoms with Gasteiger partial charge in [0.15, 0.2) is 9.84 Å². The summed E-state index contributed by atoms with van der Waals surface area (Å²) in [5.74, 6) is -1.91. The molecule has 0 rings (SSSR count). The molecule has 0 aliphatic rings. The van der Waals surface area contributed by atoms with E-state index in [1.807, 2.05) is 0 Å². The van der Waals surface area contributed by atoms with E-state index in [4.69, 9.17) is 5.11 Å². The minimum Gasteiger partial charge on any atom is -0.481 e. The van der Waals surface area contributed by atoms with Gasteiger partial charge < -0.3 is 10.4 Å². The van der Waals surface area contributed by atoms with Gasteiger partial charge in [-0.25, -0.2) is 8.42 Å². The van der Waals surface area contributed by atoms with E-state index < -0.39 is 32.4 Å². The summed E-state index contributed by atoms with van der Waals surface area (Å²) in [6, 6.07) is 0. The maximum atomic E-state index is 11.7. The Morgan fingerprint density at radius 3 is 2.22 bits per heavy atom. The molecule has 0 aliphatic carbocycles. The fourth-order valence-corrected chi connectivity index (χ4v) is 1.52. The Kier molecular flexibility index (Phi) is 5.79. The molecule has 106 valence electrons. The fraction of sp³-hybridized carbons (Fsp3) is 0.818. The third-order valence-corrected chi connectivity index (χ3v) is 5.03. The van der Waals surface area contributed by atoms with Gasteiger partial charge in [-0.15, -0.1) is 0 Å². The Morgan fingerprint density at radius 1 is 1.33 bits per heavy atom. The first-order valence-corrected chi connectivity index (χ1v) is 7.60. The van der Waals surface area contributed by atoms with Crippen LogP contribution in [0.15, 0.2) is 0 Å². The molecule has 0 bridgehead atoms. The van der Waals surface area contributed by atoms with Crippen molar-refractivity contribution in [1.82, 2.24) is 5.32 Å². The summed E-state index contributed by atoms with van der Waals surface area (Å²) in [6.07, 6.45) is 1.95. The average molecular weight is 279 g/mol. The second-order valence-corrected chi connectivity index (χ2v) is 7.48. The van der Waals surface area contributed by atoms with Gasteiger partial charge in [-0.05, 0) is 26.7 Å². The van der Waals surface area contributed by atoms with Crippen LogP contribution in [0.4, 0.5) is 0 Å². The van der Waals surface area contributed by atoms with Crippen molar-refractivity contribution in [2.45, 2.75) is 38.4 Å². The molecule has 1 amide bonds. The topological polar surface area (TPSA) is 101 Å². The number of carboxylic acid groups (broad SMARTS) is 1. The van der Waals surface area contributed by atoms with Crippen molar-refractivity contribution >= 4 is 21.7 Å². The molecule has 0 aromatic carbocycles. The normalized spacial score (nSPS) is 14.0. The Bertz CT molecular complexity index is 413. The van der Waals surface area contributed by atoms with Gasteiger partial charge >= 0.3 is 5.97 Å².